The van der Waals surface area contributed by atoms with E-state index in [1.54, 1.807) is 0 Å². The number of allylic oxidation sites excluding steroid dienone is 2. The van der Waals surface area contributed by atoms with Gasteiger partial charge in [0, 0.05) is 37.1 Å². The number of aryl methyl sites for hydroxylation is 1. The molecule has 6 nitrogen and oxygen atoms in total. The average Bonchev–Trinajstić information content (AvgIpc) is 3.44. The summed E-state index contributed by atoms with van der Waals surface area (Å²) in [6.45, 7) is 6.96. The Morgan fingerprint density at radius 3 is 2.68 bits per heavy atom. The maximum absolute atomic E-state index is 12.3. The fraction of sp³-hybridized carbons (Fsp3) is 0.600. The molecule has 4 rings (SSSR count). The number of rotatable bonds is 7. The van der Waals surface area contributed by atoms with Crippen LogP contribution in [0.4, 0.5) is 0 Å². The first-order chi connectivity index (χ1) is 15.0. The van der Waals surface area contributed by atoms with Crippen molar-refractivity contribution in [3.63, 3.8) is 0 Å². The molecule has 6 heteroatoms. The van der Waals surface area contributed by atoms with Crippen molar-refractivity contribution in [2.24, 2.45) is 11.8 Å². The van der Waals surface area contributed by atoms with Gasteiger partial charge in [0.1, 0.15) is 5.82 Å². The molecule has 2 aliphatic carbocycles. The van der Waals surface area contributed by atoms with Crippen LogP contribution in [0.1, 0.15) is 87.8 Å². The molecule has 2 aromatic rings. The van der Waals surface area contributed by atoms with Crippen molar-refractivity contribution < 1.29 is 9.32 Å². The second-order valence-corrected chi connectivity index (χ2v) is 9.51. The highest BCUT2D eigenvalue weighted by Gasteiger charge is 2.28. The lowest BCUT2D eigenvalue weighted by Crippen LogP contribution is -2.32. The van der Waals surface area contributed by atoms with Crippen molar-refractivity contribution in [3.8, 4) is 11.3 Å². The molecule has 2 heterocycles. The zero-order valence-corrected chi connectivity index (χ0v) is 18.9. The molecule has 1 unspecified atom stereocenters. The van der Waals surface area contributed by atoms with Crippen molar-refractivity contribution in [2.45, 2.75) is 77.6 Å². The van der Waals surface area contributed by atoms with Crippen LogP contribution in [0.3, 0.4) is 0 Å². The summed E-state index contributed by atoms with van der Waals surface area (Å²) >= 11 is 0. The Labute approximate surface area is 184 Å². The number of nitrogens with one attached hydrogen (secondary N) is 1. The number of carbonyl (C=O) groups excluding carboxylic acids is 1. The third-order valence-electron chi connectivity index (χ3n) is 6.63. The van der Waals surface area contributed by atoms with E-state index in [1.165, 1.54) is 0 Å². The maximum atomic E-state index is 12.3. The minimum absolute atomic E-state index is 0.194. The molecule has 2 aromatic heterocycles. The van der Waals surface area contributed by atoms with Gasteiger partial charge in [0.15, 0.2) is 5.76 Å². The van der Waals surface area contributed by atoms with E-state index in [0.717, 1.165) is 73.6 Å². The van der Waals surface area contributed by atoms with Gasteiger partial charge in [-0.1, -0.05) is 31.2 Å². The number of aromatic nitrogens is 3. The highest BCUT2D eigenvalue weighted by Crippen LogP contribution is 2.39. The lowest BCUT2D eigenvalue weighted by Gasteiger charge is -2.29. The first-order valence-corrected chi connectivity index (χ1v) is 11.7. The quantitative estimate of drug-likeness (QED) is 0.612. The molecular formula is C25H34N4O2. The second kappa shape index (κ2) is 9.75. The summed E-state index contributed by atoms with van der Waals surface area (Å²) in [7, 11) is 0. The van der Waals surface area contributed by atoms with Gasteiger partial charge in [-0.25, -0.2) is 9.97 Å². The molecule has 1 saturated carbocycles. The Hall–Kier alpha value is -2.50. The summed E-state index contributed by atoms with van der Waals surface area (Å²) in [5.41, 5.74) is 2.91. The molecule has 166 valence electrons. The van der Waals surface area contributed by atoms with E-state index in [-0.39, 0.29) is 11.8 Å². The van der Waals surface area contributed by atoms with Crippen LogP contribution in [-0.4, -0.2) is 27.6 Å². The Balaban J connectivity index is 1.38. The van der Waals surface area contributed by atoms with Crippen LogP contribution in [-0.2, 0) is 4.79 Å². The van der Waals surface area contributed by atoms with E-state index < -0.39 is 0 Å². The smallest absolute Gasteiger partial charge is 0.220 e. The zero-order chi connectivity index (χ0) is 21.8. The fourth-order valence-corrected chi connectivity index (χ4v) is 4.75. The molecule has 0 aromatic carbocycles. The van der Waals surface area contributed by atoms with Gasteiger partial charge in [-0.3, -0.25) is 4.79 Å². The molecule has 0 aliphatic heterocycles. The molecule has 0 spiro atoms. The largest absolute Gasteiger partial charge is 0.356 e. The van der Waals surface area contributed by atoms with Gasteiger partial charge >= 0.3 is 0 Å². The standard InChI is InChI=1S/C25H34N4O2/c1-16(2)25-27-15-21(22-12-17(3)29-31-22)24(28-25)20-10-8-19(9-11-20)14-26-23(30)13-18-6-4-5-7-18/h4,6,12,15-16,18-20H,5,7-11,13-14H2,1-3H3,(H,26,30). The van der Waals surface area contributed by atoms with Crippen LogP contribution < -0.4 is 5.32 Å². The average molecular weight is 423 g/mol. The molecule has 0 bridgehead atoms. The van der Waals surface area contributed by atoms with Gasteiger partial charge in [-0.15, -0.1) is 0 Å². The van der Waals surface area contributed by atoms with Crippen molar-refractivity contribution in [1.29, 1.82) is 0 Å². The van der Waals surface area contributed by atoms with Crippen LogP contribution in [0.15, 0.2) is 28.9 Å². The number of carbonyl (C=O) groups is 1. The van der Waals surface area contributed by atoms with Gasteiger partial charge < -0.3 is 9.84 Å². The molecular weight excluding hydrogens is 388 g/mol. The van der Waals surface area contributed by atoms with Gasteiger partial charge in [0.05, 0.1) is 17.0 Å². The van der Waals surface area contributed by atoms with E-state index in [4.69, 9.17) is 9.51 Å². The summed E-state index contributed by atoms with van der Waals surface area (Å²) in [6.07, 6.45) is 13.5. The van der Waals surface area contributed by atoms with E-state index in [0.29, 0.717) is 24.2 Å². The Morgan fingerprint density at radius 1 is 1.23 bits per heavy atom. The summed E-state index contributed by atoms with van der Waals surface area (Å²) in [4.78, 5) is 21.8. The normalized spacial score (nSPS) is 23.4. The number of nitrogens with zero attached hydrogens (tertiary/aromatic N) is 3. The molecule has 0 saturated heterocycles. The Kier molecular flexibility index (Phi) is 6.83. The van der Waals surface area contributed by atoms with E-state index in [9.17, 15) is 4.79 Å². The van der Waals surface area contributed by atoms with E-state index in [2.05, 4.69) is 41.5 Å². The topological polar surface area (TPSA) is 80.9 Å². The SMILES string of the molecule is Cc1cc(-c2cnc(C(C)C)nc2C2CCC(CNC(=O)CC3C=CCC3)CC2)on1. The lowest BCUT2D eigenvalue weighted by atomic mass is 9.79. The van der Waals surface area contributed by atoms with Crippen molar-refractivity contribution in [2.75, 3.05) is 6.54 Å². The molecule has 1 atom stereocenters. The third-order valence-corrected chi connectivity index (χ3v) is 6.63. The third kappa shape index (κ3) is 5.41. The second-order valence-electron chi connectivity index (χ2n) is 9.51. The molecule has 0 radical (unpaired) electrons. The van der Waals surface area contributed by atoms with Crippen LogP contribution in [0.2, 0.25) is 0 Å². The van der Waals surface area contributed by atoms with Crippen LogP contribution in [0.5, 0.6) is 0 Å². The van der Waals surface area contributed by atoms with Crippen LogP contribution >= 0.6 is 0 Å². The van der Waals surface area contributed by atoms with E-state index in [1.807, 2.05) is 19.2 Å². The Morgan fingerprint density at radius 2 is 2.03 bits per heavy atom. The monoisotopic (exact) mass is 422 g/mol. The van der Waals surface area contributed by atoms with Gasteiger partial charge in [-0.2, -0.15) is 0 Å². The zero-order valence-electron chi connectivity index (χ0n) is 18.9. The van der Waals surface area contributed by atoms with Crippen LogP contribution in [0.25, 0.3) is 11.3 Å². The molecule has 1 fully saturated rings. The van der Waals surface area contributed by atoms with E-state index >= 15 is 0 Å². The molecule has 31 heavy (non-hydrogen) atoms. The number of amides is 1. The summed E-state index contributed by atoms with van der Waals surface area (Å²) in [5.74, 6) is 3.47. The maximum Gasteiger partial charge on any atom is 0.220 e. The Bertz CT molecular complexity index is 925. The molecule has 1 amide bonds. The molecule has 1 N–H and O–H groups in total. The first kappa shape index (κ1) is 21.7. The van der Waals surface area contributed by atoms with Crippen molar-refractivity contribution in [1.82, 2.24) is 20.4 Å². The van der Waals surface area contributed by atoms with Gasteiger partial charge in [-0.05, 0) is 57.3 Å². The summed E-state index contributed by atoms with van der Waals surface area (Å²) in [5, 5.41) is 7.23. The minimum Gasteiger partial charge on any atom is -0.356 e. The molecule has 2 aliphatic rings. The predicted molar refractivity (Wildman–Crippen MR) is 121 cm³/mol. The first-order valence-electron chi connectivity index (χ1n) is 11.7. The van der Waals surface area contributed by atoms with Crippen molar-refractivity contribution in [3.05, 3.63) is 41.6 Å². The summed E-state index contributed by atoms with van der Waals surface area (Å²) in [6, 6.07) is 1.96. The number of hydrogen-bond acceptors (Lipinski definition) is 5. The summed E-state index contributed by atoms with van der Waals surface area (Å²) < 4.78 is 5.54. The predicted octanol–water partition coefficient (Wildman–Crippen LogP) is 5.31. The van der Waals surface area contributed by atoms with Gasteiger partial charge in [0.25, 0.3) is 0 Å². The van der Waals surface area contributed by atoms with Crippen LogP contribution in [0, 0.1) is 18.8 Å². The van der Waals surface area contributed by atoms with Crippen molar-refractivity contribution >= 4 is 5.91 Å². The van der Waals surface area contributed by atoms with Gasteiger partial charge in [0.2, 0.25) is 5.91 Å². The highest BCUT2D eigenvalue weighted by atomic mass is 16.5. The minimum atomic E-state index is 0.194. The lowest BCUT2D eigenvalue weighted by molar-refractivity contribution is -0.121. The number of hydrogen-bond donors (Lipinski definition) is 1. The fourth-order valence-electron chi connectivity index (χ4n) is 4.75. The highest BCUT2D eigenvalue weighted by molar-refractivity contribution is 5.76.